The van der Waals surface area contributed by atoms with Crippen LogP contribution in [0.3, 0.4) is 0 Å². The highest BCUT2D eigenvalue weighted by molar-refractivity contribution is 6.31. The number of anilines is 4. The molecule has 0 unspecified atom stereocenters. The Hall–Kier alpha value is -3.19. The summed E-state index contributed by atoms with van der Waals surface area (Å²) in [6.45, 7) is 0. The predicted molar refractivity (Wildman–Crippen MR) is 98.1 cm³/mol. The quantitative estimate of drug-likeness (QED) is 0.747. The lowest BCUT2D eigenvalue weighted by atomic mass is 10.1. The van der Waals surface area contributed by atoms with Gasteiger partial charge in [-0.2, -0.15) is 0 Å². The van der Waals surface area contributed by atoms with E-state index in [0.29, 0.717) is 22.1 Å². The molecule has 1 amide bonds. The van der Waals surface area contributed by atoms with E-state index in [2.05, 4.69) is 20.3 Å². The summed E-state index contributed by atoms with van der Waals surface area (Å²) in [5.74, 6) is 0.0873. The Labute approximate surface area is 149 Å². The van der Waals surface area contributed by atoms with Crippen molar-refractivity contribution in [3.8, 4) is 0 Å². The molecule has 1 aromatic carbocycles. The number of nitrogens with zero attached hydrogens (tertiary/aromatic N) is 4. The van der Waals surface area contributed by atoms with Gasteiger partial charge in [0.1, 0.15) is 12.1 Å². The molecule has 2 aromatic heterocycles. The molecular weight excluding hydrogens is 340 g/mol. The number of nitrogen functional groups attached to an aromatic ring is 1. The third-order valence-corrected chi connectivity index (χ3v) is 3.71. The highest BCUT2D eigenvalue weighted by atomic mass is 35.5. The molecule has 2 heterocycles. The zero-order valence-corrected chi connectivity index (χ0v) is 14.1. The van der Waals surface area contributed by atoms with Crippen LogP contribution in [0.1, 0.15) is 10.4 Å². The summed E-state index contributed by atoms with van der Waals surface area (Å²) in [6, 6.07) is 8.37. The van der Waals surface area contributed by atoms with E-state index >= 15 is 0 Å². The molecule has 3 aromatic rings. The lowest BCUT2D eigenvalue weighted by molar-refractivity contribution is 0.102. The smallest absolute Gasteiger partial charge is 0.256 e. The Balaban J connectivity index is 1.86. The fourth-order valence-electron chi connectivity index (χ4n) is 2.18. The second-order valence-corrected chi connectivity index (χ2v) is 5.72. The van der Waals surface area contributed by atoms with Gasteiger partial charge >= 0.3 is 0 Å². The van der Waals surface area contributed by atoms with Gasteiger partial charge in [-0.05, 0) is 30.3 Å². The molecule has 0 aliphatic heterocycles. The number of nitrogens with two attached hydrogens (primary N) is 1. The van der Waals surface area contributed by atoms with Gasteiger partial charge in [-0.1, -0.05) is 11.6 Å². The summed E-state index contributed by atoms with van der Waals surface area (Å²) >= 11 is 6.18. The van der Waals surface area contributed by atoms with Crippen molar-refractivity contribution in [2.75, 3.05) is 23.0 Å². The van der Waals surface area contributed by atoms with Gasteiger partial charge in [-0.25, -0.2) is 15.0 Å². The van der Waals surface area contributed by atoms with Gasteiger partial charge < -0.3 is 16.0 Å². The minimum atomic E-state index is -0.321. The maximum absolute atomic E-state index is 12.5. The molecule has 7 nitrogen and oxygen atoms in total. The largest absolute Gasteiger partial charge is 0.397 e. The molecule has 3 N–H and O–H groups in total. The van der Waals surface area contributed by atoms with Crippen LogP contribution in [0.25, 0.3) is 0 Å². The summed E-state index contributed by atoms with van der Waals surface area (Å²) in [6.07, 6.45) is 6.27. The maximum Gasteiger partial charge on any atom is 0.256 e. The summed E-state index contributed by atoms with van der Waals surface area (Å²) in [5, 5.41) is 3.15. The number of amides is 1. The highest BCUT2D eigenvalue weighted by Crippen LogP contribution is 2.27. The van der Waals surface area contributed by atoms with Crippen molar-refractivity contribution in [3.63, 3.8) is 0 Å². The molecule has 0 aliphatic carbocycles. The van der Waals surface area contributed by atoms with Crippen LogP contribution >= 0.6 is 11.6 Å². The van der Waals surface area contributed by atoms with Crippen molar-refractivity contribution in [2.45, 2.75) is 0 Å². The number of carbonyl (C=O) groups is 1. The van der Waals surface area contributed by atoms with Gasteiger partial charge in [-0.15, -0.1) is 0 Å². The third kappa shape index (κ3) is 4.02. The van der Waals surface area contributed by atoms with E-state index in [1.54, 1.807) is 42.7 Å². The molecular formula is C17H15ClN6O. The van der Waals surface area contributed by atoms with Gasteiger partial charge in [0.25, 0.3) is 5.91 Å². The Morgan fingerprint density at radius 2 is 1.88 bits per heavy atom. The van der Waals surface area contributed by atoms with Crippen LogP contribution in [-0.2, 0) is 0 Å². The van der Waals surface area contributed by atoms with E-state index in [1.165, 1.54) is 12.5 Å². The zero-order chi connectivity index (χ0) is 17.8. The molecule has 126 valence electrons. The predicted octanol–water partition coefficient (Wildman–Crippen LogP) is 3.13. The second-order valence-electron chi connectivity index (χ2n) is 5.28. The number of nitrogens with one attached hydrogen (secondary N) is 1. The number of rotatable bonds is 4. The number of carbonyl (C=O) groups excluding carboxylic acids is 1. The number of benzene rings is 1. The van der Waals surface area contributed by atoms with Crippen LogP contribution in [0.5, 0.6) is 0 Å². The highest BCUT2D eigenvalue weighted by Gasteiger charge is 2.12. The van der Waals surface area contributed by atoms with Crippen LogP contribution in [0.15, 0.2) is 55.2 Å². The van der Waals surface area contributed by atoms with Crippen molar-refractivity contribution in [2.24, 2.45) is 0 Å². The number of halogens is 1. The lowest BCUT2D eigenvalue weighted by Gasteiger charge is -2.19. The van der Waals surface area contributed by atoms with Crippen LogP contribution in [0.2, 0.25) is 5.02 Å². The Morgan fingerprint density at radius 1 is 1.12 bits per heavy atom. The lowest BCUT2D eigenvalue weighted by Crippen LogP contribution is -2.15. The van der Waals surface area contributed by atoms with Gasteiger partial charge in [-0.3, -0.25) is 4.79 Å². The second kappa shape index (κ2) is 7.14. The first-order valence-corrected chi connectivity index (χ1v) is 7.73. The Bertz CT molecular complexity index is 885. The molecule has 3 rings (SSSR count). The summed E-state index contributed by atoms with van der Waals surface area (Å²) in [4.78, 5) is 26.4. The first-order chi connectivity index (χ1) is 12.0. The van der Waals surface area contributed by atoms with E-state index in [4.69, 9.17) is 17.3 Å². The van der Waals surface area contributed by atoms with Crippen LogP contribution in [-0.4, -0.2) is 27.9 Å². The Morgan fingerprint density at radius 3 is 2.56 bits per heavy atom. The minimum Gasteiger partial charge on any atom is -0.397 e. The number of pyridine rings is 1. The van der Waals surface area contributed by atoms with Crippen molar-refractivity contribution >= 4 is 40.4 Å². The first kappa shape index (κ1) is 16.7. The SMILES string of the molecule is CN(c1cncnc1)c1cc(Cl)cc(C(=O)Nc2ccc(N)cn2)c1. The first-order valence-electron chi connectivity index (χ1n) is 7.35. The number of aromatic nitrogens is 3. The summed E-state index contributed by atoms with van der Waals surface area (Å²) < 4.78 is 0. The molecule has 0 atom stereocenters. The molecule has 0 spiro atoms. The van der Waals surface area contributed by atoms with E-state index in [9.17, 15) is 4.79 Å². The summed E-state index contributed by atoms with van der Waals surface area (Å²) in [5.41, 5.74) is 8.03. The molecule has 8 heteroatoms. The average molecular weight is 355 g/mol. The van der Waals surface area contributed by atoms with Gasteiger partial charge in [0, 0.05) is 23.3 Å². The van der Waals surface area contributed by atoms with E-state index in [0.717, 1.165) is 11.4 Å². The van der Waals surface area contributed by atoms with Gasteiger partial charge in [0.15, 0.2) is 0 Å². The molecule has 0 bridgehead atoms. The molecule has 0 saturated heterocycles. The summed E-state index contributed by atoms with van der Waals surface area (Å²) in [7, 11) is 1.84. The zero-order valence-electron chi connectivity index (χ0n) is 13.3. The van der Waals surface area contributed by atoms with Crippen molar-refractivity contribution in [1.82, 2.24) is 15.0 Å². The van der Waals surface area contributed by atoms with Crippen molar-refractivity contribution in [3.05, 3.63) is 65.8 Å². The Kier molecular flexibility index (Phi) is 4.76. The van der Waals surface area contributed by atoms with E-state index in [-0.39, 0.29) is 5.91 Å². The topological polar surface area (TPSA) is 97.0 Å². The van der Waals surface area contributed by atoms with E-state index in [1.807, 2.05) is 11.9 Å². The van der Waals surface area contributed by atoms with Crippen LogP contribution in [0.4, 0.5) is 22.9 Å². The average Bonchev–Trinajstić information content (AvgIpc) is 2.63. The molecule has 0 fully saturated rings. The van der Waals surface area contributed by atoms with Crippen LogP contribution in [0, 0.1) is 0 Å². The maximum atomic E-state index is 12.5. The number of hydrogen-bond acceptors (Lipinski definition) is 6. The van der Waals surface area contributed by atoms with Gasteiger partial charge in [0.2, 0.25) is 0 Å². The number of hydrogen-bond donors (Lipinski definition) is 2. The van der Waals surface area contributed by atoms with Crippen LogP contribution < -0.4 is 16.0 Å². The van der Waals surface area contributed by atoms with Crippen molar-refractivity contribution in [1.29, 1.82) is 0 Å². The standard InChI is InChI=1S/C17H15ClN6O/c1-24(15-8-20-10-21-9-15)14-5-11(4-12(18)6-14)17(25)23-16-3-2-13(19)7-22-16/h2-10H,19H2,1H3,(H,22,23,25). The normalized spacial score (nSPS) is 10.3. The molecule has 0 saturated carbocycles. The van der Waals surface area contributed by atoms with E-state index < -0.39 is 0 Å². The van der Waals surface area contributed by atoms with Gasteiger partial charge in [0.05, 0.1) is 30.0 Å². The molecule has 25 heavy (non-hydrogen) atoms. The van der Waals surface area contributed by atoms with Crippen molar-refractivity contribution < 1.29 is 4.79 Å². The molecule has 0 radical (unpaired) electrons. The minimum absolute atomic E-state index is 0.321. The molecule has 0 aliphatic rings. The monoisotopic (exact) mass is 354 g/mol. The fourth-order valence-corrected chi connectivity index (χ4v) is 2.41. The fraction of sp³-hybridized carbons (Fsp3) is 0.0588. The third-order valence-electron chi connectivity index (χ3n) is 3.49.